The Morgan fingerprint density at radius 1 is 1.00 bits per heavy atom. The van der Waals surface area contributed by atoms with Crippen LogP contribution >= 0.6 is 0 Å². The number of hydrogen-bond acceptors (Lipinski definition) is 6. The maximum absolute atomic E-state index is 12.1. The Morgan fingerprint density at radius 3 is 2.27 bits per heavy atom. The molecule has 0 saturated carbocycles. The number of rotatable bonds is 5. The Kier molecular flexibility index (Phi) is 4.67. The van der Waals surface area contributed by atoms with Gasteiger partial charge in [-0.25, -0.2) is 0 Å². The number of benzene rings is 1. The summed E-state index contributed by atoms with van der Waals surface area (Å²) in [5, 5.41) is 2.60. The number of ether oxygens (including phenoxy) is 3. The van der Waals surface area contributed by atoms with Crippen LogP contribution in [0.2, 0.25) is 0 Å². The maximum atomic E-state index is 12.1. The SMILES string of the molecule is COc1ccc(NC(=O)c2cc(=O)c(OC)co2)cc1OC. The Balaban J connectivity index is 2.21. The summed E-state index contributed by atoms with van der Waals surface area (Å²) < 4.78 is 20.1. The topological polar surface area (TPSA) is 87.0 Å². The smallest absolute Gasteiger partial charge is 0.291 e. The molecule has 0 bridgehead atoms. The van der Waals surface area contributed by atoms with E-state index in [1.807, 2.05) is 0 Å². The van der Waals surface area contributed by atoms with E-state index in [1.165, 1.54) is 21.3 Å². The summed E-state index contributed by atoms with van der Waals surface area (Å²) in [5.74, 6) is 0.350. The molecular formula is C15H15NO6. The Hall–Kier alpha value is -2.96. The lowest BCUT2D eigenvalue weighted by Crippen LogP contribution is -2.15. The molecule has 1 N–H and O–H groups in total. The number of nitrogens with one attached hydrogen (secondary N) is 1. The molecule has 0 saturated heterocycles. The first-order valence-corrected chi connectivity index (χ1v) is 6.29. The van der Waals surface area contributed by atoms with Crippen LogP contribution in [0.15, 0.2) is 39.7 Å². The predicted octanol–water partition coefficient (Wildman–Crippen LogP) is 1.92. The minimum absolute atomic E-state index is 0.0302. The minimum atomic E-state index is -0.563. The van der Waals surface area contributed by atoms with Crippen molar-refractivity contribution in [1.29, 1.82) is 0 Å². The fourth-order valence-corrected chi connectivity index (χ4v) is 1.77. The van der Waals surface area contributed by atoms with Crippen LogP contribution in [-0.4, -0.2) is 27.2 Å². The summed E-state index contributed by atoms with van der Waals surface area (Å²) in [7, 11) is 4.35. The first-order chi connectivity index (χ1) is 10.6. The van der Waals surface area contributed by atoms with Gasteiger partial charge in [-0.3, -0.25) is 9.59 Å². The highest BCUT2D eigenvalue weighted by Crippen LogP contribution is 2.29. The largest absolute Gasteiger partial charge is 0.493 e. The number of carbonyl (C=O) groups is 1. The summed E-state index contributed by atoms with van der Waals surface area (Å²) in [6.45, 7) is 0. The van der Waals surface area contributed by atoms with Crippen LogP contribution in [0.3, 0.4) is 0 Å². The van der Waals surface area contributed by atoms with E-state index in [2.05, 4.69) is 5.32 Å². The third-order valence-corrected chi connectivity index (χ3v) is 2.88. The van der Waals surface area contributed by atoms with Crippen molar-refractivity contribution in [3.8, 4) is 17.2 Å². The fraction of sp³-hybridized carbons (Fsp3) is 0.200. The van der Waals surface area contributed by atoms with Crippen LogP contribution in [0.1, 0.15) is 10.6 Å². The maximum Gasteiger partial charge on any atom is 0.291 e. The molecule has 2 rings (SSSR count). The molecule has 0 aliphatic carbocycles. The van der Waals surface area contributed by atoms with Crippen molar-refractivity contribution in [2.45, 2.75) is 0 Å². The van der Waals surface area contributed by atoms with Gasteiger partial charge >= 0.3 is 0 Å². The summed E-state index contributed by atoms with van der Waals surface area (Å²) in [5.41, 5.74) is 0.0346. The summed E-state index contributed by atoms with van der Waals surface area (Å²) in [6.07, 6.45) is 1.09. The van der Waals surface area contributed by atoms with E-state index in [0.29, 0.717) is 17.2 Å². The van der Waals surface area contributed by atoms with Crippen LogP contribution in [0, 0.1) is 0 Å². The van der Waals surface area contributed by atoms with Crippen LogP contribution in [0.5, 0.6) is 17.2 Å². The van der Waals surface area contributed by atoms with Gasteiger partial charge < -0.3 is 23.9 Å². The van der Waals surface area contributed by atoms with E-state index in [-0.39, 0.29) is 11.5 Å². The summed E-state index contributed by atoms with van der Waals surface area (Å²) in [6, 6.07) is 5.95. The number of amides is 1. The number of hydrogen-bond donors (Lipinski definition) is 1. The normalized spacial score (nSPS) is 9.95. The first-order valence-electron chi connectivity index (χ1n) is 6.29. The highest BCUT2D eigenvalue weighted by molar-refractivity contribution is 6.02. The van der Waals surface area contributed by atoms with Crippen molar-refractivity contribution < 1.29 is 23.4 Å². The highest BCUT2D eigenvalue weighted by atomic mass is 16.5. The zero-order valence-corrected chi connectivity index (χ0v) is 12.3. The Bertz CT molecular complexity index is 737. The lowest BCUT2D eigenvalue weighted by atomic mass is 10.2. The quantitative estimate of drug-likeness (QED) is 0.908. The molecule has 1 amide bonds. The predicted molar refractivity (Wildman–Crippen MR) is 79.0 cm³/mol. The van der Waals surface area contributed by atoms with Crippen molar-refractivity contribution in [1.82, 2.24) is 0 Å². The van der Waals surface area contributed by atoms with E-state index in [9.17, 15) is 9.59 Å². The molecule has 0 atom stereocenters. The van der Waals surface area contributed by atoms with Crippen molar-refractivity contribution in [2.75, 3.05) is 26.6 Å². The van der Waals surface area contributed by atoms with Gasteiger partial charge in [0, 0.05) is 17.8 Å². The molecule has 2 aromatic rings. The molecule has 1 aromatic carbocycles. The summed E-state index contributed by atoms with van der Waals surface area (Å²) >= 11 is 0. The molecule has 1 heterocycles. The van der Waals surface area contributed by atoms with Crippen molar-refractivity contribution in [3.63, 3.8) is 0 Å². The second-order valence-corrected chi connectivity index (χ2v) is 4.20. The van der Waals surface area contributed by atoms with Gasteiger partial charge in [0.05, 0.1) is 21.3 Å². The van der Waals surface area contributed by atoms with Gasteiger partial charge in [0.1, 0.15) is 6.26 Å². The van der Waals surface area contributed by atoms with Crippen LogP contribution in [-0.2, 0) is 0 Å². The molecule has 0 spiro atoms. The zero-order chi connectivity index (χ0) is 16.1. The Labute approximate surface area is 126 Å². The molecule has 0 unspecified atom stereocenters. The summed E-state index contributed by atoms with van der Waals surface area (Å²) in [4.78, 5) is 23.7. The fourth-order valence-electron chi connectivity index (χ4n) is 1.77. The van der Waals surface area contributed by atoms with Crippen LogP contribution in [0.25, 0.3) is 0 Å². The third kappa shape index (κ3) is 3.20. The van der Waals surface area contributed by atoms with E-state index >= 15 is 0 Å². The molecule has 7 nitrogen and oxygen atoms in total. The van der Waals surface area contributed by atoms with Gasteiger partial charge in [-0.1, -0.05) is 0 Å². The van der Waals surface area contributed by atoms with Crippen LogP contribution < -0.4 is 25.0 Å². The first kappa shape index (κ1) is 15.4. The minimum Gasteiger partial charge on any atom is -0.493 e. The molecular weight excluding hydrogens is 290 g/mol. The van der Waals surface area contributed by atoms with Gasteiger partial charge in [0.2, 0.25) is 11.2 Å². The molecule has 0 aliphatic rings. The van der Waals surface area contributed by atoms with Crippen molar-refractivity contribution >= 4 is 11.6 Å². The molecule has 0 fully saturated rings. The number of methoxy groups -OCH3 is 3. The van der Waals surface area contributed by atoms with E-state index < -0.39 is 11.3 Å². The van der Waals surface area contributed by atoms with Gasteiger partial charge in [-0.15, -0.1) is 0 Å². The molecule has 0 radical (unpaired) electrons. The van der Waals surface area contributed by atoms with Gasteiger partial charge in [-0.05, 0) is 12.1 Å². The lowest BCUT2D eigenvalue weighted by molar-refractivity contribution is 0.0993. The van der Waals surface area contributed by atoms with E-state index in [4.69, 9.17) is 18.6 Å². The van der Waals surface area contributed by atoms with Gasteiger partial charge in [0.25, 0.3) is 5.91 Å². The standard InChI is InChI=1S/C15H15NO6/c1-19-11-5-4-9(6-12(11)20-2)16-15(18)13-7-10(17)14(21-3)8-22-13/h4-8H,1-3H3,(H,16,18). The third-order valence-electron chi connectivity index (χ3n) is 2.88. The monoisotopic (exact) mass is 305 g/mol. The van der Waals surface area contributed by atoms with Gasteiger partial charge in [0.15, 0.2) is 17.3 Å². The van der Waals surface area contributed by atoms with E-state index in [0.717, 1.165) is 12.3 Å². The molecule has 0 aliphatic heterocycles. The second-order valence-electron chi connectivity index (χ2n) is 4.20. The molecule has 116 valence electrons. The molecule has 22 heavy (non-hydrogen) atoms. The Morgan fingerprint density at radius 2 is 1.68 bits per heavy atom. The van der Waals surface area contributed by atoms with Gasteiger partial charge in [-0.2, -0.15) is 0 Å². The average Bonchev–Trinajstić information content (AvgIpc) is 2.54. The van der Waals surface area contributed by atoms with E-state index in [1.54, 1.807) is 18.2 Å². The number of carbonyl (C=O) groups excluding carboxylic acids is 1. The van der Waals surface area contributed by atoms with Crippen molar-refractivity contribution in [3.05, 3.63) is 46.5 Å². The number of anilines is 1. The lowest BCUT2D eigenvalue weighted by Gasteiger charge is -2.10. The average molecular weight is 305 g/mol. The molecule has 7 heteroatoms. The zero-order valence-electron chi connectivity index (χ0n) is 12.3. The molecule has 1 aromatic heterocycles. The second kappa shape index (κ2) is 6.66. The highest BCUT2D eigenvalue weighted by Gasteiger charge is 2.13. The van der Waals surface area contributed by atoms with Crippen molar-refractivity contribution in [2.24, 2.45) is 0 Å². The van der Waals surface area contributed by atoms with Crippen LogP contribution in [0.4, 0.5) is 5.69 Å².